The van der Waals surface area contributed by atoms with Gasteiger partial charge in [0.05, 0.1) is 12.0 Å². The summed E-state index contributed by atoms with van der Waals surface area (Å²) in [6.45, 7) is 0. The van der Waals surface area contributed by atoms with E-state index in [1.807, 2.05) is 0 Å². The minimum Gasteiger partial charge on any atom is -0.378 e. The zero-order chi connectivity index (χ0) is 9.03. The summed E-state index contributed by atoms with van der Waals surface area (Å²) in [5, 5.41) is 0. The topological polar surface area (TPSA) is 55.7 Å². The van der Waals surface area contributed by atoms with Crippen molar-refractivity contribution in [1.29, 1.82) is 0 Å². The van der Waals surface area contributed by atoms with Crippen LogP contribution in [0.1, 0.15) is 25.7 Å². The number of aliphatic imine (C=N–C) groups is 1. The van der Waals surface area contributed by atoms with Crippen LogP contribution >= 0.6 is 0 Å². The molecule has 66 valence electrons. The van der Waals surface area contributed by atoms with Gasteiger partial charge in [-0.3, -0.25) is 4.79 Å². The van der Waals surface area contributed by atoms with E-state index >= 15 is 0 Å². The fourth-order valence-electron chi connectivity index (χ4n) is 1.39. The van der Waals surface area contributed by atoms with Gasteiger partial charge in [-0.05, 0) is 19.3 Å². The summed E-state index contributed by atoms with van der Waals surface area (Å²) in [6.07, 6.45) is 4.27. The predicted molar refractivity (Wildman–Crippen MR) is 41.3 cm³/mol. The number of isocyanates is 1. The molecule has 1 aliphatic rings. The van der Waals surface area contributed by atoms with Crippen LogP contribution in [-0.2, 0) is 14.3 Å². The second-order valence-corrected chi connectivity index (χ2v) is 3.01. The molecule has 0 N–H and O–H groups in total. The number of carbonyl (C=O) groups excluding carboxylic acids is 2. The minimum atomic E-state index is -0.438. The molecule has 0 bridgehead atoms. The molecule has 12 heavy (non-hydrogen) atoms. The number of methoxy groups -OCH3 is 1. The third kappa shape index (κ3) is 1.78. The van der Waals surface area contributed by atoms with E-state index < -0.39 is 5.91 Å². The molecule has 1 saturated carbocycles. The highest BCUT2D eigenvalue weighted by Gasteiger charge is 2.38. The summed E-state index contributed by atoms with van der Waals surface area (Å²) in [5.41, 5.74) is -0.336. The van der Waals surface area contributed by atoms with Crippen LogP contribution in [0.15, 0.2) is 4.99 Å². The molecule has 0 aromatic heterocycles. The lowest BCUT2D eigenvalue weighted by Crippen LogP contribution is -2.40. The normalized spacial score (nSPS) is 19.1. The molecule has 0 heterocycles. The van der Waals surface area contributed by atoms with Crippen molar-refractivity contribution in [2.45, 2.75) is 31.3 Å². The predicted octanol–water partition coefficient (Wildman–Crippen LogP) is 0.808. The molecular weight excluding hydrogens is 158 g/mol. The second kappa shape index (κ2) is 3.61. The van der Waals surface area contributed by atoms with Gasteiger partial charge in [-0.15, -0.1) is 4.99 Å². The van der Waals surface area contributed by atoms with Crippen molar-refractivity contribution in [3.63, 3.8) is 0 Å². The number of hydrogen-bond donors (Lipinski definition) is 0. The van der Waals surface area contributed by atoms with Crippen LogP contribution in [0, 0.1) is 0 Å². The third-order valence-corrected chi connectivity index (χ3v) is 2.34. The van der Waals surface area contributed by atoms with Crippen LogP contribution < -0.4 is 0 Å². The summed E-state index contributed by atoms with van der Waals surface area (Å²) in [7, 11) is 1.58. The second-order valence-electron chi connectivity index (χ2n) is 3.01. The van der Waals surface area contributed by atoms with Crippen molar-refractivity contribution in [3.05, 3.63) is 0 Å². The molecule has 1 rings (SSSR count). The maximum atomic E-state index is 10.9. The number of rotatable bonds is 3. The van der Waals surface area contributed by atoms with E-state index in [1.165, 1.54) is 6.08 Å². The first-order valence-electron chi connectivity index (χ1n) is 3.88. The molecule has 0 atom stereocenters. The van der Waals surface area contributed by atoms with Crippen LogP contribution in [0.3, 0.4) is 0 Å². The Balaban J connectivity index is 2.48. The average Bonchev–Trinajstić information content (AvgIpc) is 1.97. The zero-order valence-corrected chi connectivity index (χ0v) is 7.00. The molecule has 0 aromatic carbocycles. The van der Waals surface area contributed by atoms with E-state index in [4.69, 9.17) is 4.74 Å². The molecule has 4 heteroatoms. The number of amides is 1. The van der Waals surface area contributed by atoms with Crippen LogP contribution in [0.2, 0.25) is 0 Å². The first-order valence-corrected chi connectivity index (χ1v) is 3.88. The third-order valence-electron chi connectivity index (χ3n) is 2.34. The molecule has 1 fully saturated rings. The van der Waals surface area contributed by atoms with E-state index in [0.717, 1.165) is 19.3 Å². The lowest BCUT2D eigenvalue weighted by Gasteiger charge is -2.39. The van der Waals surface area contributed by atoms with Gasteiger partial charge in [-0.2, -0.15) is 0 Å². The van der Waals surface area contributed by atoms with Crippen LogP contribution in [-0.4, -0.2) is 24.7 Å². The van der Waals surface area contributed by atoms with Gasteiger partial charge in [0, 0.05) is 7.11 Å². The standard InChI is InChI=1S/C8H11NO3/c1-12-8(3-2-4-8)5-7(11)9-6-10/h2-5H2,1H3. The first kappa shape index (κ1) is 9.10. The maximum Gasteiger partial charge on any atom is 0.259 e. The Hall–Kier alpha value is -0.990. The number of ether oxygens (including phenoxy) is 1. The van der Waals surface area contributed by atoms with Crippen LogP contribution in [0.4, 0.5) is 0 Å². The Morgan fingerprint density at radius 1 is 1.67 bits per heavy atom. The minimum absolute atomic E-state index is 0.207. The van der Waals surface area contributed by atoms with Crippen molar-refractivity contribution >= 4 is 12.0 Å². The van der Waals surface area contributed by atoms with Gasteiger partial charge >= 0.3 is 0 Å². The Kier molecular flexibility index (Phi) is 2.74. The number of nitrogens with zero attached hydrogens (tertiary/aromatic N) is 1. The van der Waals surface area contributed by atoms with Gasteiger partial charge in [0.25, 0.3) is 5.91 Å². The molecule has 0 spiro atoms. The van der Waals surface area contributed by atoms with Gasteiger partial charge < -0.3 is 4.74 Å². The van der Waals surface area contributed by atoms with Gasteiger partial charge in [-0.1, -0.05) is 0 Å². The Bertz CT molecular complexity index is 221. The SMILES string of the molecule is COC1(CC(=O)N=C=O)CCC1. The fourth-order valence-corrected chi connectivity index (χ4v) is 1.39. The molecule has 0 unspecified atom stereocenters. The molecule has 1 aliphatic carbocycles. The molecule has 0 saturated heterocycles. The monoisotopic (exact) mass is 169 g/mol. The maximum absolute atomic E-state index is 10.9. The molecule has 1 amide bonds. The number of carbonyl (C=O) groups is 1. The number of hydrogen-bond acceptors (Lipinski definition) is 3. The van der Waals surface area contributed by atoms with Gasteiger partial charge in [0.1, 0.15) is 0 Å². The van der Waals surface area contributed by atoms with Crippen LogP contribution in [0.5, 0.6) is 0 Å². The highest BCUT2D eigenvalue weighted by atomic mass is 16.5. The summed E-state index contributed by atoms with van der Waals surface area (Å²) in [4.78, 5) is 23.7. The van der Waals surface area contributed by atoms with E-state index in [-0.39, 0.29) is 12.0 Å². The van der Waals surface area contributed by atoms with Crippen molar-refractivity contribution in [3.8, 4) is 0 Å². The molecule has 0 aliphatic heterocycles. The summed E-state index contributed by atoms with van der Waals surface area (Å²) in [6, 6.07) is 0. The molecule has 0 aromatic rings. The Morgan fingerprint density at radius 3 is 2.67 bits per heavy atom. The lowest BCUT2D eigenvalue weighted by molar-refractivity contribution is -0.130. The quantitative estimate of drug-likeness (QED) is 0.464. The van der Waals surface area contributed by atoms with E-state index in [1.54, 1.807) is 7.11 Å². The first-order chi connectivity index (χ1) is 5.72. The Labute approximate surface area is 70.6 Å². The van der Waals surface area contributed by atoms with Crippen molar-refractivity contribution < 1.29 is 14.3 Å². The summed E-state index contributed by atoms with van der Waals surface area (Å²) >= 11 is 0. The zero-order valence-electron chi connectivity index (χ0n) is 7.00. The van der Waals surface area contributed by atoms with Crippen molar-refractivity contribution in [2.75, 3.05) is 7.11 Å². The Morgan fingerprint density at radius 2 is 2.33 bits per heavy atom. The molecule has 0 radical (unpaired) electrons. The van der Waals surface area contributed by atoms with E-state index in [0.29, 0.717) is 0 Å². The van der Waals surface area contributed by atoms with E-state index in [9.17, 15) is 9.59 Å². The van der Waals surface area contributed by atoms with Gasteiger partial charge in [0.15, 0.2) is 0 Å². The molecule has 4 nitrogen and oxygen atoms in total. The van der Waals surface area contributed by atoms with E-state index in [2.05, 4.69) is 4.99 Å². The van der Waals surface area contributed by atoms with Gasteiger partial charge in [0.2, 0.25) is 6.08 Å². The smallest absolute Gasteiger partial charge is 0.259 e. The lowest BCUT2D eigenvalue weighted by atomic mass is 9.77. The highest BCUT2D eigenvalue weighted by Crippen LogP contribution is 2.38. The fraction of sp³-hybridized carbons (Fsp3) is 0.750. The molecular formula is C8H11NO3. The summed E-state index contributed by atoms with van der Waals surface area (Å²) in [5.74, 6) is -0.438. The summed E-state index contributed by atoms with van der Waals surface area (Å²) < 4.78 is 5.18. The van der Waals surface area contributed by atoms with Crippen molar-refractivity contribution in [2.24, 2.45) is 4.99 Å². The average molecular weight is 169 g/mol. The van der Waals surface area contributed by atoms with Crippen LogP contribution in [0.25, 0.3) is 0 Å². The largest absolute Gasteiger partial charge is 0.378 e. The van der Waals surface area contributed by atoms with Crippen molar-refractivity contribution in [1.82, 2.24) is 0 Å². The van der Waals surface area contributed by atoms with Gasteiger partial charge in [-0.25, -0.2) is 4.79 Å². The highest BCUT2D eigenvalue weighted by molar-refractivity contribution is 5.82.